The predicted molar refractivity (Wildman–Crippen MR) is 225 cm³/mol. The first-order valence-corrected chi connectivity index (χ1v) is 18.4. The van der Waals surface area contributed by atoms with Crippen LogP contribution in [0.1, 0.15) is 25.0 Å². The zero-order valence-corrected chi connectivity index (χ0v) is 29.6. The molecule has 9 rings (SSSR count). The topological polar surface area (TPSA) is 6.48 Å². The number of hydrogen-bond acceptors (Lipinski definition) is 2. The molecule has 0 aromatic heterocycles. The molecular weight excluding hydrogens is 629 g/mol. The van der Waals surface area contributed by atoms with E-state index in [4.69, 9.17) is 0 Å². The number of fused-ring (bicyclic) bond motifs is 4. The van der Waals surface area contributed by atoms with Gasteiger partial charge in [-0.1, -0.05) is 135 Å². The largest absolute Gasteiger partial charge is 0.310 e. The summed E-state index contributed by atoms with van der Waals surface area (Å²) in [6.07, 6.45) is 1.87. The van der Waals surface area contributed by atoms with E-state index in [0.29, 0.717) is 0 Å². The second kappa shape index (κ2) is 13.4. The first-order chi connectivity index (χ1) is 25.7. The molecule has 9 aromatic rings. The van der Waals surface area contributed by atoms with Crippen LogP contribution in [0.3, 0.4) is 0 Å². The second-order valence-corrected chi connectivity index (χ2v) is 13.5. The van der Waals surface area contributed by atoms with Gasteiger partial charge >= 0.3 is 0 Å². The van der Waals surface area contributed by atoms with Crippen molar-refractivity contribution in [2.45, 2.75) is 26.7 Å². The Labute approximate surface area is 305 Å². The standard InChI is InChI=1S/C50H40N2/c1-3-41-45-31-29-40(52(38-23-9-6-10-24-38)50-28-16-20-36-18-12-14-26-44(36)50)34-48(45)42(4-2)46-32-30-39(33-47(41)46)51(37-21-7-5-8-22-37)49-27-15-19-35-17-11-13-25-43(35)49/h5-34H,3-4H2,1-2H3. The van der Waals surface area contributed by atoms with Crippen LogP contribution in [-0.2, 0) is 12.8 Å². The number of rotatable bonds is 8. The molecule has 2 heteroatoms. The van der Waals surface area contributed by atoms with Gasteiger partial charge in [-0.25, -0.2) is 0 Å². The summed E-state index contributed by atoms with van der Waals surface area (Å²) in [4.78, 5) is 4.84. The van der Waals surface area contributed by atoms with Crippen LogP contribution in [0.15, 0.2) is 182 Å². The Morgan fingerprint density at radius 3 is 1.12 bits per heavy atom. The average molecular weight is 669 g/mol. The number of para-hydroxylation sites is 2. The van der Waals surface area contributed by atoms with E-state index in [0.717, 1.165) is 35.6 Å². The van der Waals surface area contributed by atoms with E-state index in [9.17, 15) is 0 Å². The van der Waals surface area contributed by atoms with E-state index in [1.165, 1.54) is 65.6 Å². The van der Waals surface area contributed by atoms with Gasteiger partial charge in [-0.05, 0) is 117 Å². The van der Waals surface area contributed by atoms with Gasteiger partial charge in [0, 0.05) is 33.5 Å². The summed E-state index contributed by atoms with van der Waals surface area (Å²) in [6.45, 7) is 4.60. The Kier molecular flexibility index (Phi) is 8.14. The lowest BCUT2D eigenvalue weighted by molar-refractivity contribution is 1.15. The van der Waals surface area contributed by atoms with Crippen LogP contribution < -0.4 is 9.80 Å². The monoisotopic (exact) mass is 668 g/mol. The maximum atomic E-state index is 2.43. The van der Waals surface area contributed by atoms with E-state index in [-0.39, 0.29) is 0 Å². The first-order valence-electron chi connectivity index (χ1n) is 18.4. The van der Waals surface area contributed by atoms with E-state index in [1.54, 1.807) is 0 Å². The zero-order valence-electron chi connectivity index (χ0n) is 29.6. The minimum atomic E-state index is 0.936. The maximum absolute atomic E-state index is 2.43. The first kappa shape index (κ1) is 31.6. The van der Waals surface area contributed by atoms with Crippen LogP contribution >= 0.6 is 0 Å². The minimum absolute atomic E-state index is 0.936. The van der Waals surface area contributed by atoms with Crippen molar-refractivity contribution in [3.05, 3.63) is 193 Å². The fourth-order valence-electron chi connectivity index (χ4n) is 8.24. The van der Waals surface area contributed by atoms with Gasteiger partial charge in [-0.15, -0.1) is 0 Å². The third-order valence-electron chi connectivity index (χ3n) is 10.6. The van der Waals surface area contributed by atoms with Crippen molar-refractivity contribution in [3.63, 3.8) is 0 Å². The lowest BCUT2D eigenvalue weighted by Gasteiger charge is -2.29. The lowest BCUT2D eigenvalue weighted by atomic mass is 9.88. The molecule has 0 spiro atoms. The molecule has 0 aliphatic rings. The predicted octanol–water partition coefficient (Wildman–Crippen LogP) is 14.4. The quantitative estimate of drug-likeness (QED) is 0.149. The smallest absolute Gasteiger partial charge is 0.0540 e. The number of benzene rings is 9. The van der Waals surface area contributed by atoms with Gasteiger partial charge in [-0.2, -0.15) is 0 Å². The molecule has 0 saturated heterocycles. The molecule has 0 saturated carbocycles. The summed E-state index contributed by atoms with van der Waals surface area (Å²) in [5.74, 6) is 0. The van der Waals surface area contributed by atoms with Crippen LogP contribution in [0.4, 0.5) is 34.1 Å². The molecule has 0 atom stereocenters. The molecule has 2 nitrogen and oxygen atoms in total. The van der Waals surface area contributed by atoms with Gasteiger partial charge in [-0.3, -0.25) is 0 Å². The van der Waals surface area contributed by atoms with Crippen molar-refractivity contribution >= 4 is 77.2 Å². The maximum Gasteiger partial charge on any atom is 0.0540 e. The van der Waals surface area contributed by atoms with Gasteiger partial charge < -0.3 is 9.80 Å². The van der Waals surface area contributed by atoms with Crippen molar-refractivity contribution in [2.75, 3.05) is 9.80 Å². The van der Waals surface area contributed by atoms with Crippen molar-refractivity contribution in [1.29, 1.82) is 0 Å². The second-order valence-electron chi connectivity index (χ2n) is 13.5. The molecule has 0 unspecified atom stereocenters. The van der Waals surface area contributed by atoms with E-state index < -0.39 is 0 Å². The van der Waals surface area contributed by atoms with Crippen molar-refractivity contribution in [3.8, 4) is 0 Å². The normalized spacial score (nSPS) is 11.4. The average Bonchev–Trinajstić information content (AvgIpc) is 3.21. The Bertz CT molecular complexity index is 2510. The highest BCUT2D eigenvalue weighted by Crippen LogP contribution is 2.45. The molecule has 0 heterocycles. The van der Waals surface area contributed by atoms with Crippen molar-refractivity contribution in [2.24, 2.45) is 0 Å². The Morgan fingerprint density at radius 1 is 0.308 bits per heavy atom. The third kappa shape index (κ3) is 5.36. The van der Waals surface area contributed by atoms with Gasteiger partial charge in [0.1, 0.15) is 0 Å². The number of anilines is 6. The third-order valence-corrected chi connectivity index (χ3v) is 10.6. The summed E-state index contributed by atoms with van der Waals surface area (Å²) in [5, 5.41) is 10.3. The van der Waals surface area contributed by atoms with Crippen LogP contribution in [0.2, 0.25) is 0 Å². The SMILES string of the molecule is CCc1c2ccc(N(c3ccccc3)c3cccc4ccccc34)cc2c(CC)c2ccc(N(c3ccccc3)c3cccc4ccccc34)cc12. The summed E-state index contributed by atoms with van der Waals surface area (Å²) >= 11 is 0. The molecular formula is C50H40N2. The van der Waals surface area contributed by atoms with Gasteiger partial charge in [0.15, 0.2) is 0 Å². The molecule has 0 fully saturated rings. The molecule has 0 bridgehead atoms. The summed E-state index contributed by atoms with van der Waals surface area (Å²) in [6, 6.07) is 66.4. The van der Waals surface area contributed by atoms with Gasteiger partial charge in [0.25, 0.3) is 0 Å². The minimum Gasteiger partial charge on any atom is -0.310 e. The Balaban J connectivity index is 1.27. The molecule has 0 amide bonds. The van der Waals surface area contributed by atoms with E-state index >= 15 is 0 Å². The lowest BCUT2D eigenvalue weighted by Crippen LogP contribution is -2.11. The highest BCUT2D eigenvalue weighted by molar-refractivity contribution is 6.09. The van der Waals surface area contributed by atoms with Crippen LogP contribution in [0.5, 0.6) is 0 Å². The Hall–Kier alpha value is -6.38. The van der Waals surface area contributed by atoms with E-state index in [1.807, 2.05) is 0 Å². The molecule has 0 N–H and O–H groups in total. The molecule has 9 aromatic carbocycles. The number of aryl methyl sites for hydroxylation is 2. The summed E-state index contributed by atoms with van der Waals surface area (Å²) in [5.41, 5.74) is 9.74. The molecule has 0 radical (unpaired) electrons. The molecule has 0 aliphatic carbocycles. The fourth-order valence-corrected chi connectivity index (χ4v) is 8.24. The summed E-state index contributed by atoms with van der Waals surface area (Å²) < 4.78 is 0. The molecule has 0 aliphatic heterocycles. The number of hydrogen-bond donors (Lipinski definition) is 0. The Morgan fingerprint density at radius 2 is 0.692 bits per heavy atom. The molecule has 52 heavy (non-hydrogen) atoms. The van der Waals surface area contributed by atoms with Gasteiger partial charge in [0.05, 0.1) is 11.4 Å². The fraction of sp³-hybridized carbons (Fsp3) is 0.0800. The van der Waals surface area contributed by atoms with Crippen LogP contribution in [0.25, 0.3) is 43.1 Å². The van der Waals surface area contributed by atoms with Gasteiger partial charge in [0.2, 0.25) is 0 Å². The van der Waals surface area contributed by atoms with Crippen molar-refractivity contribution in [1.82, 2.24) is 0 Å². The van der Waals surface area contributed by atoms with Crippen molar-refractivity contribution < 1.29 is 0 Å². The van der Waals surface area contributed by atoms with Crippen LogP contribution in [-0.4, -0.2) is 0 Å². The highest BCUT2D eigenvalue weighted by Gasteiger charge is 2.21. The van der Waals surface area contributed by atoms with E-state index in [2.05, 4.69) is 206 Å². The number of nitrogens with zero attached hydrogens (tertiary/aromatic N) is 2. The summed E-state index contributed by atoms with van der Waals surface area (Å²) in [7, 11) is 0. The van der Waals surface area contributed by atoms with Crippen LogP contribution in [0, 0.1) is 0 Å². The highest BCUT2D eigenvalue weighted by atomic mass is 15.1. The zero-order chi connectivity index (χ0) is 35.0. The molecule has 250 valence electrons.